The second kappa shape index (κ2) is 8.57. The average Bonchev–Trinajstić information content (AvgIpc) is 2.32. The van der Waals surface area contributed by atoms with Crippen molar-refractivity contribution in [2.45, 2.75) is 78.7 Å². The van der Waals surface area contributed by atoms with Crippen LogP contribution in [0.1, 0.15) is 73.1 Å². The van der Waals surface area contributed by atoms with Crippen molar-refractivity contribution >= 4 is 0 Å². The molecular weight excluding hydrogens is 212 g/mol. The fraction of sp³-hybridized carbons (Fsp3) is 0.867. The molecule has 1 N–H and O–H groups in total. The van der Waals surface area contributed by atoms with E-state index in [0.29, 0.717) is 5.76 Å². The van der Waals surface area contributed by atoms with Crippen LogP contribution in [-0.4, -0.2) is 17.3 Å². The van der Waals surface area contributed by atoms with E-state index in [1.54, 1.807) is 0 Å². The van der Waals surface area contributed by atoms with E-state index in [9.17, 15) is 5.11 Å². The molecule has 0 fully saturated rings. The van der Waals surface area contributed by atoms with Crippen LogP contribution in [0.5, 0.6) is 0 Å². The normalized spacial score (nSPS) is 13.7. The summed E-state index contributed by atoms with van der Waals surface area (Å²) < 4.78 is 5.78. The first kappa shape index (κ1) is 16.5. The second-order valence-corrected chi connectivity index (χ2v) is 5.35. The van der Waals surface area contributed by atoms with Crippen molar-refractivity contribution in [3.63, 3.8) is 0 Å². The Kier molecular flexibility index (Phi) is 8.32. The van der Waals surface area contributed by atoms with Gasteiger partial charge >= 0.3 is 0 Å². The quantitative estimate of drug-likeness (QED) is 0.455. The fourth-order valence-electron chi connectivity index (χ4n) is 1.44. The van der Waals surface area contributed by atoms with Gasteiger partial charge in [-0.2, -0.15) is 0 Å². The van der Waals surface area contributed by atoms with Crippen LogP contribution in [0, 0.1) is 0 Å². The van der Waals surface area contributed by atoms with Crippen molar-refractivity contribution < 1.29 is 9.84 Å². The molecule has 0 aliphatic rings. The van der Waals surface area contributed by atoms with Gasteiger partial charge in [-0.3, -0.25) is 0 Å². The minimum absolute atomic E-state index is 0.0147. The van der Waals surface area contributed by atoms with Gasteiger partial charge in [0.2, 0.25) is 0 Å². The molecule has 0 atom stereocenters. The van der Waals surface area contributed by atoms with Crippen LogP contribution >= 0.6 is 0 Å². The summed E-state index contributed by atoms with van der Waals surface area (Å²) in [5, 5.41) is 9.69. The highest BCUT2D eigenvalue weighted by Crippen LogP contribution is 2.16. The smallest absolute Gasteiger partial charge is 0.0911 e. The van der Waals surface area contributed by atoms with E-state index in [1.807, 2.05) is 6.92 Å². The van der Waals surface area contributed by atoms with Gasteiger partial charge in [-0.25, -0.2) is 0 Å². The summed E-state index contributed by atoms with van der Waals surface area (Å²) in [6, 6.07) is 0. The molecule has 2 heteroatoms. The molecule has 0 aromatic heterocycles. The number of allylic oxidation sites excluding steroid dienone is 2. The number of hydrogen-bond acceptors (Lipinski definition) is 2. The van der Waals surface area contributed by atoms with E-state index in [4.69, 9.17) is 4.74 Å². The molecule has 0 rings (SSSR count). The van der Waals surface area contributed by atoms with Gasteiger partial charge in [0.15, 0.2) is 0 Å². The van der Waals surface area contributed by atoms with Crippen molar-refractivity contribution in [2.75, 3.05) is 6.61 Å². The zero-order valence-electron chi connectivity index (χ0n) is 12.3. The summed E-state index contributed by atoms with van der Waals surface area (Å²) >= 11 is 0. The lowest BCUT2D eigenvalue weighted by atomic mass is 10.1. The van der Waals surface area contributed by atoms with Gasteiger partial charge in [-0.15, -0.1) is 0 Å². The minimum atomic E-state index is 0.0147. The monoisotopic (exact) mass is 242 g/mol. The second-order valence-electron chi connectivity index (χ2n) is 5.35. The summed E-state index contributed by atoms with van der Waals surface area (Å²) in [7, 11) is 0. The number of ether oxygens (including phenoxy) is 1. The predicted molar refractivity (Wildman–Crippen MR) is 74.4 cm³/mol. The van der Waals surface area contributed by atoms with Crippen molar-refractivity contribution in [3.05, 3.63) is 11.3 Å². The highest BCUT2D eigenvalue weighted by Gasteiger charge is 2.14. The maximum Gasteiger partial charge on any atom is 0.0911 e. The Morgan fingerprint density at radius 1 is 1.12 bits per heavy atom. The summed E-state index contributed by atoms with van der Waals surface area (Å²) in [5.74, 6) is 0.585. The fourth-order valence-corrected chi connectivity index (χ4v) is 1.44. The van der Waals surface area contributed by atoms with E-state index >= 15 is 0 Å². The molecule has 0 aromatic carbocycles. The summed E-state index contributed by atoms with van der Waals surface area (Å²) in [4.78, 5) is 0. The van der Waals surface area contributed by atoms with Gasteiger partial charge in [0.1, 0.15) is 0 Å². The Hall–Kier alpha value is -0.500. The Labute approximate surface area is 107 Å². The van der Waals surface area contributed by atoms with Crippen LogP contribution in [0.25, 0.3) is 0 Å². The molecule has 0 radical (unpaired) electrons. The molecule has 0 amide bonds. The molecule has 0 aliphatic carbocycles. The zero-order chi connectivity index (χ0) is 13.3. The molecule has 0 saturated carbocycles. The standard InChI is InChI=1S/C15H30O2/c1-6-13(3)14(16)11-9-8-10-12-17-15(4,5)7-2/h16H,6-12H2,1-5H3/b14-13-. The third-order valence-electron chi connectivity index (χ3n) is 3.43. The highest BCUT2D eigenvalue weighted by molar-refractivity contribution is 5.03. The van der Waals surface area contributed by atoms with Crippen molar-refractivity contribution in [1.82, 2.24) is 0 Å². The molecular formula is C15H30O2. The number of rotatable bonds is 9. The van der Waals surface area contributed by atoms with Crippen LogP contribution < -0.4 is 0 Å². The SMILES string of the molecule is CC/C(C)=C(\O)CCCCCOC(C)(C)CC. The van der Waals surface area contributed by atoms with Crippen LogP contribution in [0.15, 0.2) is 11.3 Å². The highest BCUT2D eigenvalue weighted by atomic mass is 16.5. The first-order valence-corrected chi connectivity index (χ1v) is 6.94. The Morgan fingerprint density at radius 2 is 1.76 bits per heavy atom. The molecule has 0 aromatic rings. The van der Waals surface area contributed by atoms with Gasteiger partial charge in [0, 0.05) is 13.0 Å². The number of unbranched alkanes of at least 4 members (excludes halogenated alkanes) is 2. The number of aliphatic hydroxyl groups is 1. The first-order chi connectivity index (χ1) is 7.93. The van der Waals surface area contributed by atoms with Crippen molar-refractivity contribution in [3.8, 4) is 0 Å². The lowest BCUT2D eigenvalue weighted by Gasteiger charge is -2.23. The molecule has 0 bridgehead atoms. The lowest BCUT2D eigenvalue weighted by Crippen LogP contribution is -2.23. The number of aliphatic hydroxyl groups excluding tert-OH is 1. The zero-order valence-corrected chi connectivity index (χ0v) is 12.3. The molecule has 0 aliphatic heterocycles. The lowest BCUT2D eigenvalue weighted by molar-refractivity contribution is -0.0216. The minimum Gasteiger partial charge on any atom is -0.512 e. The van der Waals surface area contributed by atoms with E-state index in [0.717, 1.165) is 50.7 Å². The van der Waals surface area contributed by atoms with Gasteiger partial charge in [-0.05, 0) is 52.0 Å². The third kappa shape index (κ3) is 8.25. The van der Waals surface area contributed by atoms with Crippen LogP contribution in [-0.2, 0) is 4.74 Å². The summed E-state index contributed by atoms with van der Waals surface area (Å²) in [6.45, 7) is 11.3. The van der Waals surface area contributed by atoms with E-state index in [2.05, 4.69) is 27.7 Å². The third-order valence-corrected chi connectivity index (χ3v) is 3.43. The average molecular weight is 242 g/mol. The van der Waals surface area contributed by atoms with Gasteiger partial charge in [0.25, 0.3) is 0 Å². The Bertz CT molecular complexity index is 229. The van der Waals surface area contributed by atoms with E-state index in [1.165, 1.54) is 0 Å². The summed E-state index contributed by atoms with van der Waals surface area (Å²) in [5.41, 5.74) is 1.13. The predicted octanol–water partition coefficient (Wildman–Crippen LogP) is 4.99. The van der Waals surface area contributed by atoms with Crippen molar-refractivity contribution in [1.29, 1.82) is 0 Å². The van der Waals surface area contributed by atoms with Crippen LogP contribution in [0.2, 0.25) is 0 Å². The molecule has 102 valence electrons. The first-order valence-electron chi connectivity index (χ1n) is 6.94. The maximum absolute atomic E-state index is 9.69. The topological polar surface area (TPSA) is 29.5 Å². The van der Waals surface area contributed by atoms with Crippen LogP contribution in [0.3, 0.4) is 0 Å². The van der Waals surface area contributed by atoms with E-state index < -0.39 is 0 Å². The molecule has 0 saturated heterocycles. The van der Waals surface area contributed by atoms with Gasteiger partial charge in [0.05, 0.1) is 11.4 Å². The van der Waals surface area contributed by atoms with Crippen LogP contribution in [0.4, 0.5) is 0 Å². The summed E-state index contributed by atoms with van der Waals surface area (Å²) in [6.07, 6.45) is 6.07. The molecule has 0 spiro atoms. The van der Waals surface area contributed by atoms with Crippen molar-refractivity contribution in [2.24, 2.45) is 0 Å². The van der Waals surface area contributed by atoms with E-state index in [-0.39, 0.29) is 5.60 Å². The van der Waals surface area contributed by atoms with Gasteiger partial charge in [-0.1, -0.05) is 20.3 Å². The Morgan fingerprint density at radius 3 is 2.29 bits per heavy atom. The largest absolute Gasteiger partial charge is 0.512 e. The molecule has 0 unspecified atom stereocenters. The molecule has 17 heavy (non-hydrogen) atoms. The Balaban J connectivity index is 3.54. The van der Waals surface area contributed by atoms with Gasteiger partial charge < -0.3 is 9.84 Å². The number of hydrogen-bond donors (Lipinski definition) is 1. The molecule has 2 nitrogen and oxygen atoms in total. The molecule has 0 heterocycles. The maximum atomic E-state index is 9.69.